The van der Waals surface area contributed by atoms with Gasteiger partial charge in [0.1, 0.15) is 28.8 Å². The number of aromatic nitrogens is 2. The SMILES string of the molecule is CC.CC.Clc1cc(Nc2ccc(Oc3ccccc3)cc2)ncn1. The maximum Gasteiger partial charge on any atom is 0.135 e. The van der Waals surface area contributed by atoms with Gasteiger partial charge in [0.15, 0.2) is 0 Å². The highest BCUT2D eigenvalue weighted by Crippen LogP contribution is 2.24. The van der Waals surface area contributed by atoms with Gasteiger partial charge in [0.25, 0.3) is 0 Å². The average Bonchev–Trinajstić information content (AvgIpc) is 2.68. The first-order chi connectivity index (χ1) is 12.3. The van der Waals surface area contributed by atoms with Gasteiger partial charge in [-0.15, -0.1) is 0 Å². The molecular weight excluding hydrogens is 334 g/mol. The summed E-state index contributed by atoms with van der Waals surface area (Å²) in [6, 6.07) is 18.9. The van der Waals surface area contributed by atoms with Crippen molar-refractivity contribution in [3.8, 4) is 11.5 Å². The summed E-state index contributed by atoms with van der Waals surface area (Å²) in [5.41, 5.74) is 0.894. The van der Waals surface area contributed by atoms with Crippen molar-refractivity contribution < 1.29 is 4.74 Å². The van der Waals surface area contributed by atoms with Crippen LogP contribution in [0.25, 0.3) is 0 Å². The Bertz CT molecular complexity index is 719. The van der Waals surface area contributed by atoms with Crippen molar-refractivity contribution in [2.24, 2.45) is 0 Å². The molecule has 0 amide bonds. The molecule has 25 heavy (non-hydrogen) atoms. The zero-order valence-corrected chi connectivity index (χ0v) is 15.8. The second kappa shape index (κ2) is 11.9. The van der Waals surface area contributed by atoms with Crippen molar-refractivity contribution >= 4 is 23.1 Å². The summed E-state index contributed by atoms with van der Waals surface area (Å²) in [5, 5.41) is 3.54. The van der Waals surface area contributed by atoms with E-state index in [0.29, 0.717) is 11.0 Å². The van der Waals surface area contributed by atoms with Crippen LogP contribution in [0.2, 0.25) is 5.15 Å². The predicted octanol–water partition coefficient (Wildman–Crippen LogP) is 6.72. The minimum absolute atomic E-state index is 0.400. The van der Waals surface area contributed by atoms with Crippen molar-refractivity contribution in [1.29, 1.82) is 0 Å². The second-order valence-electron chi connectivity index (χ2n) is 4.29. The molecule has 3 rings (SSSR count). The predicted molar refractivity (Wildman–Crippen MR) is 106 cm³/mol. The van der Waals surface area contributed by atoms with E-state index in [1.807, 2.05) is 82.3 Å². The third-order valence-corrected chi connectivity index (χ3v) is 2.95. The van der Waals surface area contributed by atoms with Crippen molar-refractivity contribution in [3.05, 3.63) is 72.1 Å². The molecule has 2 aromatic carbocycles. The molecule has 0 spiro atoms. The minimum Gasteiger partial charge on any atom is -0.457 e. The number of benzene rings is 2. The Morgan fingerprint density at radius 1 is 0.800 bits per heavy atom. The lowest BCUT2D eigenvalue weighted by Crippen LogP contribution is -1.94. The fraction of sp³-hybridized carbons (Fsp3) is 0.200. The zero-order chi connectivity index (χ0) is 18.5. The lowest BCUT2D eigenvalue weighted by molar-refractivity contribution is 0.483. The number of rotatable bonds is 4. The third-order valence-electron chi connectivity index (χ3n) is 2.74. The quantitative estimate of drug-likeness (QED) is 0.526. The average molecular weight is 358 g/mol. The van der Waals surface area contributed by atoms with Gasteiger partial charge in [0, 0.05) is 11.8 Å². The van der Waals surface area contributed by atoms with E-state index in [-0.39, 0.29) is 0 Å². The van der Waals surface area contributed by atoms with Crippen LogP contribution in [0.1, 0.15) is 27.7 Å². The Labute approximate surface area is 154 Å². The fourth-order valence-corrected chi connectivity index (χ4v) is 1.93. The van der Waals surface area contributed by atoms with E-state index in [9.17, 15) is 0 Å². The van der Waals surface area contributed by atoms with Gasteiger partial charge in [-0.25, -0.2) is 9.97 Å². The van der Waals surface area contributed by atoms with Gasteiger partial charge < -0.3 is 10.1 Å². The number of nitrogens with zero attached hydrogens (tertiary/aromatic N) is 2. The van der Waals surface area contributed by atoms with Crippen LogP contribution in [0.3, 0.4) is 0 Å². The monoisotopic (exact) mass is 357 g/mol. The number of nitrogens with one attached hydrogen (secondary N) is 1. The van der Waals surface area contributed by atoms with E-state index in [4.69, 9.17) is 16.3 Å². The first kappa shape index (κ1) is 20.5. The highest BCUT2D eigenvalue weighted by Gasteiger charge is 2.00. The lowest BCUT2D eigenvalue weighted by Gasteiger charge is -2.08. The molecule has 0 saturated heterocycles. The van der Waals surface area contributed by atoms with Crippen LogP contribution in [0.5, 0.6) is 11.5 Å². The Morgan fingerprint density at radius 2 is 1.40 bits per heavy atom. The first-order valence-electron chi connectivity index (χ1n) is 8.37. The van der Waals surface area contributed by atoms with Gasteiger partial charge in [-0.05, 0) is 36.4 Å². The molecule has 4 nitrogen and oxygen atoms in total. The molecule has 0 aliphatic carbocycles. The van der Waals surface area contributed by atoms with Gasteiger partial charge in [0.2, 0.25) is 0 Å². The van der Waals surface area contributed by atoms with Crippen LogP contribution < -0.4 is 10.1 Å². The topological polar surface area (TPSA) is 47.0 Å². The van der Waals surface area contributed by atoms with E-state index in [2.05, 4.69) is 15.3 Å². The van der Waals surface area contributed by atoms with E-state index in [1.54, 1.807) is 6.07 Å². The number of hydrogen-bond acceptors (Lipinski definition) is 4. The third kappa shape index (κ3) is 7.23. The Kier molecular flexibility index (Phi) is 9.71. The lowest BCUT2D eigenvalue weighted by atomic mass is 10.3. The zero-order valence-electron chi connectivity index (χ0n) is 15.0. The van der Waals surface area contributed by atoms with Gasteiger partial charge in [-0.1, -0.05) is 57.5 Å². The molecule has 3 aromatic rings. The van der Waals surface area contributed by atoms with Gasteiger partial charge in [-0.3, -0.25) is 0 Å². The molecule has 0 saturated carbocycles. The second-order valence-corrected chi connectivity index (χ2v) is 4.68. The molecule has 0 bridgehead atoms. The summed E-state index contributed by atoms with van der Waals surface area (Å²) in [5.74, 6) is 2.22. The standard InChI is InChI=1S/C16H12ClN3O.2C2H6/c17-15-10-16(19-11-18-15)20-12-6-8-14(9-7-12)21-13-4-2-1-3-5-13;2*1-2/h1-11H,(H,18,19,20);2*1-2H3. The van der Waals surface area contributed by atoms with Crippen LogP contribution in [0, 0.1) is 0 Å². The largest absolute Gasteiger partial charge is 0.457 e. The number of anilines is 2. The molecule has 5 heteroatoms. The van der Waals surface area contributed by atoms with Gasteiger partial charge in [0.05, 0.1) is 0 Å². The molecule has 0 aliphatic rings. The van der Waals surface area contributed by atoms with Gasteiger partial charge in [-0.2, -0.15) is 0 Å². The molecule has 1 heterocycles. The van der Waals surface area contributed by atoms with E-state index < -0.39 is 0 Å². The molecule has 1 aromatic heterocycles. The molecule has 0 atom stereocenters. The summed E-state index contributed by atoms with van der Waals surface area (Å²) in [7, 11) is 0. The van der Waals surface area contributed by atoms with Gasteiger partial charge >= 0.3 is 0 Å². The van der Waals surface area contributed by atoms with E-state index in [0.717, 1.165) is 17.2 Å². The van der Waals surface area contributed by atoms with Crippen LogP contribution in [0.4, 0.5) is 11.5 Å². The molecule has 0 unspecified atom stereocenters. The van der Waals surface area contributed by atoms with Crippen LogP contribution in [-0.2, 0) is 0 Å². The maximum absolute atomic E-state index is 5.82. The molecular formula is C20H24ClN3O. The van der Waals surface area contributed by atoms with E-state index >= 15 is 0 Å². The minimum atomic E-state index is 0.400. The number of para-hydroxylation sites is 1. The Hall–Kier alpha value is -2.59. The summed E-state index contributed by atoms with van der Waals surface area (Å²) in [6.45, 7) is 8.00. The Balaban J connectivity index is 0.000000730. The molecule has 0 radical (unpaired) electrons. The summed E-state index contributed by atoms with van der Waals surface area (Å²) in [6.07, 6.45) is 1.41. The van der Waals surface area contributed by atoms with Crippen molar-refractivity contribution in [1.82, 2.24) is 9.97 Å². The number of hydrogen-bond donors (Lipinski definition) is 1. The molecule has 1 N–H and O–H groups in total. The summed E-state index contributed by atoms with van der Waals surface area (Å²) < 4.78 is 5.73. The smallest absolute Gasteiger partial charge is 0.135 e. The van der Waals surface area contributed by atoms with Crippen molar-refractivity contribution in [2.75, 3.05) is 5.32 Å². The maximum atomic E-state index is 5.82. The molecule has 0 aliphatic heterocycles. The van der Waals surface area contributed by atoms with Crippen LogP contribution >= 0.6 is 11.6 Å². The highest BCUT2D eigenvalue weighted by atomic mass is 35.5. The first-order valence-corrected chi connectivity index (χ1v) is 8.75. The molecule has 132 valence electrons. The number of halogens is 1. The Morgan fingerprint density at radius 3 is 2.00 bits per heavy atom. The highest BCUT2D eigenvalue weighted by molar-refractivity contribution is 6.29. The summed E-state index contributed by atoms with van der Waals surface area (Å²) >= 11 is 5.82. The summed E-state index contributed by atoms with van der Waals surface area (Å²) in [4.78, 5) is 7.92. The normalized spacial score (nSPS) is 9.00. The van der Waals surface area contributed by atoms with Crippen molar-refractivity contribution in [2.45, 2.75) is 27.7 Å². The van der Waals surface area contributed by atoms with E-state index in [1.165, 1.54) is 6.33 Å². The molecule has 0 fully saturated rings. The fourth-order valence-electron chi connectivity index (χ4n) is 1.78. The van der Waals surface area contributed by atoms with Crippen molar-refractivity contribution in [3.63, 3.8) is 0 Å². The van der Waals surface area contributed by atoms with Crippen LogP contribution in [-0.4, -0.2) is 9.97 Å². The number of ether oxygens (including phenoxy) is 1. The van der Waals surface area contributed by atoms with Crippen LogP contribution in [0.15, 0.2) is 67.0 Å².